The molecule has 1 atom stereocenters. The highest BCUT2D eigenvalue weighted by Gasteiger charge is 2.24. The summed E-state index contributed by atoms with van der Waals surface area (Å²) < 4.78 is 16.7. The van der Waals surface area contributed by atoms with Crippen LogP contribution in [0.15, 0.2) is 46.2 Å². The van der Waals surface area contributed by atoms with Crippen molar-refractivity contribution < 1.29 is 4.21 Å². The van der Waals surface area contributed by atoms with Gasteiger partial charge in [0.1, 0.15) is 16.4 Å². The first-order valence-electron chi connectivity index (χ1n) is 10.9. The summed E-state index contributed by atoms with van der Waals surface area (Å²) >= 11 is 0. The fourth-order valence-corrected chi connectivity index (χ4v) is 5.17. The fraction of sp³-hybridized carbons (Fsp3) is 0.478. The summed E-state index contributed by atoms with van der Waals surface area (Å²) in [6, 6.07) is 9.72. The number of fused-ring (bicyclic) bond motifs is 1. The smallest absolute Gasteiger partial charge is 0.261 e. The van der Waals surface area contributed by atoms with Gasteiger partial charge in [-0.2, -0.15) is 5.10 Å². The number of rotatable bonds is 5. The van der Waals surface area contributed by atoms with E-state index in [9.17, 15) is 9.00 Å². The second-order valence-corrected chi connectivity index (χ2v) is 10.7. The maximum Gasteiger partial charge on any atom is 0.261 e. The van der Waals surface area contributed by atoms with Crippen molar-refractivity contribution in [1.29, 1.82) is 0 Å². The molecule has 0 amide bonds. The molecule has 3 aromatic rings. The Labute approximate surface area is 185 Å². The van der Waals surface area contributed by atoms with E-state index in [0.717, 1.165) is 28.9 Å². The van der Waals surface area contributed by atoms with Gasteiger partial charge in [-0.15, -0.1) is 0 Å². The lowest BCUT2D eigenvalue weighted by molar-refractivity contribution is 0.307. The lowest BCUT2D eigenvalue weighted by Crippen LogP contribution is -2.39. The van der Waals surface area contributed by atoms with E-state index in [4.69, 9.17) is 5.10 Å². The van der Waals surface area contributed by atoms with Gasteiger partial charge in [0.2, 0.25) is 0 Å². The van der Waals surface area contributed by atoms with Gasteiger partial charge in [-0.3, -0.25) is 9.48 Å². The standard InChI is InChI=1S/C23H31N5O2S/c1-23(2,3)27(4)31(30)18-12-10-16(11-13-18)25-21-20-19(14-15-24-22(20)29)28(26-21)17-8-6-5-7-9-17/h10-15,17H,5-9H2,1-4H3,(H,24,29)(H,25,26). The Balaban J connectivity index is 1.63. The van der Waals surface area contributed by atoms with Crippen molar-refractivity contribution in [3.8, 4) is 0 Å². The summed E-state index contributed by atoms with van der Waals surface area (Å²) in [5, 5.41) is 8.69. The molecule has 1 saturated carbocycles. The summed E-state index contributed by atoms with van der Waals surface area (Å²) in [6.45, 7) is 6.10. The number of nitrogens with one attached hydrogen (secondary N) is 2. The zero-order chi connectivity index (χ0) is 22.2. The Hall–Kier alpha value is -2.45. The van der Waals surface area contributed by atoms with Gasteiger partial charge in [0.25, 0.3) is 5.56 Å². The molecule has 8 heteroatoms. The Morgan fingerprint density at radius 2 is 1.81 bits per heavy atom. The van der Waals surface area contributed by atoms with Gasteiger partial charge in [-0.1, -0.05) is 19.3 Å². The van der Waals surface area contributed by atoms with E-state index in [-0.39, 0.29) is 11.1 Å². The number of aromatic amines is 1. The number of H-pyrrole nitrogens is 1. The van der Waals surface area contributed by atoms with Crippen molar-refractivity contribution in [2.45, 2.75) is 69.4 Å². The van der Waals surface area contributed by atoms with Crippen molar-refractivity contribution in [2.75, 3.05) is 12.4 Å². The Morgan fingerprint density at radius 1 is 1.13 bits per heavy atom. The van der Waals surface area contributed by atoms with Gasteiger partial charge in [-0.25, -0.2) is 8.51 Å². The summed E-state index contributed by atoms with van der Waals surface area (Å²) in [7, 11) is 0.613. The number of pyridine rings is 1. The minimum atomic E-state index is -1.25. The van der Waals surface area contributed by atoms with Crippen LogP contribution in [0.1, 0.15) is 58.9 Å². The van der Waals surface area contributed by atoms with Crippen LogP contribution in [0.4, 0.5) is 11.5 Å². The molecule has 0 saturated heterocycles. The summed E-state index contributed by atoms with van der Waals surface area (Å²) in [4.78, 5) is 16.1. The van der Waals surface area contributed by atoms with Crippen molar-refractivity contribution >= 4 is 33.4 Å². The quantitative estimate of drug-likeness (QED) is 0.600. The van der Waals surface area contributed by atoms with Crippen LogP contribution < -0.4 is 10.9 Å². The molecule has 2 aromatic heterocycles. The van der Waals surface area contributed by atoms with E-state index in [0.29, 0.717) is 17.2 Å². The minimum Gasteiger partial charge on any atom is -0.338 e. The van der Waals surface area contributed by atoms with Crippen molar-refractivity contribution in [2.24, 2.45) is 0 Å². The number of anilines is 2. The summed E-state index contributed by atoms with van der Waals surface area (Å²) in [6.07, 6.45) is 7.51. The topological polar surface area (TPSA) is 83.0 Å². The Bertz CT molecular complexity index is 1140. The normalized spacial score (nSPS) is 16.7. The summed E-state index contributed by atoms with van der Waals surface area (Å²) in [5.74, 6) is 0.558. The molecule has 2 N–H and O–H groups in total. The second kappa shape index (κ2) is 8.59. The highest BCUT2D eigenvalue weighted by atomic mass is 32.2. The number of hydrogen-bond acceptors (Lipinski definition) is 4. The molecule has 166 valence electrons. The molecular weight excluding hydrogens is 410 g/mol. The molecule has 4 rings (SSSR count). The van der Waals surface area contributed by atoms with Crippen molar-refractivity contribution in [3.05, 3.63) is 46.9 Å². The lowest BCUT2D eigenvalue weighted by Gasteiger charge is -2.30. The zero-order valence-electron chi connectivity index (χ0n) is 18.6. The Morgan fingerprint density at radius 3 is 2.45 bits per heavy atom. The highest BCUT2D eigenvalue weighted by Crippen LogP contribution is 2.33. The van der Waals surface area contributed by atoms with Crippen LogP contribution >= 0.6 is 0 Å². The van der Waals surface area contributed by atoms with E-state index in [1.807, 2.05) is 67.1 Å². The van der Waals surface area contributed by atoms with Crippen LogP contribution in [0, 0.1) is 0 Å². The second-order valence-electron chi connectivity index (χ2n) is 9.22. The third-order valence-electron chi connectivity index (χ3n) is 6.06. The third kappa shape index (κ3) is 4.45. The zero-order valence-corrected chi connectivity index (χ0v) is 19.5. The molecule has 2 heterocycles. The van der Waals surface area contributed by atoms with Crippen LogP contribution in [0.2, 0.25) is 0 Å². The van der Waals surface area contributed by atoms with Gasteiger partial charge >= 0.3 is 0 Å². The number of nitrogens with zero attached hydrogens (tertiary/aromatic N) is 3. The first-order valence-corrected chi connectivity index (χ1v) is 12.0. The van der Waals surface area contributed by atoms with E-state index in [1.54, 1.807) is 6.20 Å². The van der Waals surface area contributed by atoms with Gasteiger partial charge in [0.15, 0.2) is 5.82 Å². The van der Waals surface area contributed by atoms with Crippen molar-refractivity contribution in [1.82, 2.24) is 19.1 Å². The number of hydrogen-bond donors (Lipinski definition) is 2. The molecule has 0 aliphatic heterocycles. The van der Waals surface area contributed by atoms with Gasteiger partial charge in [0.05, 0.1) is 16.5 Å². The molecule has 7 nitrogen and oxygen atoms in total. The maximum atomic E-state index is 12.8. The molecule has 1 fully saturated rings. The molecule has 1 unspecified atom stereocenters. The molecule has 31 heavy (non-hydrogen) atoms. The van der Waals surface area contributed by atoms with Gasteiger partial charge in [0, 0.05) is 24.5 Å². The average Bonchev–Trinajstić information content (AvgIpc) is 3.13. The maximum absolute atomic E-state index is 12.8. The molecule has 1 aliphatic carbocycles. The molecule has 1 aliphatic rings. The van der Waals surface area contributed by atoms with E-state index in [2.05, 4.69) is 10.3 Å². The van der Waals surface area contributed by atoms with E-state index >= 15 is 0 Å². The predicted molar refractivity (Wildman–Crippen MR) is 126 cm³/mol. The number of aromatic nitrogens is 3. The van der Waals surface area contributed by atoms with Gasteiger partial charge < -0.3 is 10.3 Å². The Kier molecular flexibility index (Phi) is 6.03. The van der Waals surface area contributed by atoms with Crippen LogP contribution in [0.3, 0.4) is 0 Å². The molecular formula is C23H31N5O2S. The summed E-state index contributed by atoms with van der Waals surface area (Å²) in [5.41, 5.74) is 1.32. The highest BCUT2D eigenvalue weighted by molar-refractivity contribution is 7.82. The fourth-order valence-electron chi connectivity index (χ4n) is 3.99. The minimum absolute atomic E-state index is 0.147. The molecule has 0 bridgehead atoms. The number of benzene rings is 1. The monoisotopic (exact) mass is 441 g/mol. The third-order valence-corrected chi connectivity index (χ3v) is 7.78. The van der Waals surface area contributed by atoms with Crippen LogP contribution in [-0.4, -0.2) is 35.9 Å². The van der Waals surface area contributed by atoms with Gasteiger partial charge in [-0.05, 0) is 63.9 Å². The predicted octanol–water partition coefficient (Wildman–Crippen LogP) is 4.73. The van der Waals surface area contributed by atoms with Crippen LogP contribution in [0.5, 0.6) is 0 Å². The van der Waals surface area contributed by atoms with Crippen LogP contribution in [-0.2, 0) is 11.0 Å². The SMILES string of the molecule is CN(S(=O)c1ccc(Nc2nn(C3CCCCC3)c3cc[nH]c(=O)c23)cc1)C(C)(C)C. The van der Waals surface area contributed by atoms with Crippen LogP contribution in [0.25, 0.3) is 10.9 Å². The first kappa shape index (κ1) is 21.8. The lowest BCUT2D eigenvalue weighted by atomic mass is 9.95. The van der Waals surface area contributed by atoms with Crippen molar-refractivity contribution in [3.63, 3.8) is 0 Å². The molecule has 0 radical (unpaired) electrons. The molecule has 0 spiro atoms. The van der Waals surface area contributed by atoms with E-state index < -0.39 is 11.0 Å². The largest absolute Gasteiger partial charge is 0.338 e. The van der Waals surface area contributed by atoms with E-state index in [1.165, 1.54) is 19.3 Å². The first-order chi connectivity index (χ1) is 14.8. The molecule has 1 aromatic carbocycles. The average molecular weight is 442 g/mol.